The van der Waals surface area contributed by atoms with Crippen molar-refractivity contribution >= 4 is 10.8 Å². The van der Waals surface area contributed by atoms with Crippen molar-refractivity contribution in [3.63, 3.8) is 0 Å². The molecule has 1 rings (SSSR count). The summed E-state index contributed by atoms with van der Waals surface area (Å²) in [5.74, 6) is 1.56. The molecular formula is C17H29NOS. The smallest absolute Gasteiger partial charge is 0.0439 e. The van der Waals surface area contributed by atoms with Crippen LogP contribution in [0, 0.1) is 13.8 Å². The maximum absolute atomic E-state index is 12.2. The molecule has 1 aromatic rings. The Balaban J connectivity index is 2.73. The molecule has 0 saturated carbocycles. The highest BCUT2D eigenvalue weighted by Crippen LogP contribution is 2.20. The molecule has 114 valence electrons. The summed E-state index contributed by atoms with van der Waals surface area (Å²) in [6.07, 6.45) is 3.45. The van der Waals surface area contributed by atoms with E-state index in [9.17, 15) is 4.21 Å². The van der Waals surface area contributed by atoms with Crippen LogP contribution < -0.4 is 5.32 Å². The second-order valence-electron chi connectivity index (χ2n) is 5.49. The van der Waals surface area contributed by atoms with Crippen LogP contribution in [0.4, 0.5) is 0 Å². The van der Waals surface area contributed by atoms with Gasteiger partial charge in [0, 0.05) is 28.3 Å². The molecule has 2 nitrogen and oxygen atoms in total. The molecule has 0 amide bonds. The van der Waals surface area contributed by atoms with Crippen molar-refractivity contribution < 1.29 is 4.21 Å². The molecule has 0 fully saturated rings. The third-order valence-electron chi connectivity index (χ3n) is 3.59. The van der Waals surface area contributed by atoms with Crippen LogP contribution in [0.3, 0.4) is 0 Å². The fourth-order valence-electron chi connectivity index (χ4n) is 2.42. The molecule has 0 spiro atoms. The van der Waals surface area contributed by atoms with Crippen LogP contribution in [0.2, 0.25) is 0 Å². The predicted molar refractivity (Wildman–Crippen MR) is 89.7 cm³/mol. The first kappa shape index (κ1) is 17.4. The van der Waals surface area contributed by atoms with Crippen molar-refractivity contribution in [3.8, 4) is 0 Å². The summed E-state index contributed by atoms with van der Waals surface area (Å²) < 4.78 is 12.2. The van der Waals surface area contributed by atoms with Crippen molar-refractivity contribution in [3.05, 3.63) is 34.9 Å². The quantitative estimate of drug-likeness (QED) is 0.700. The first-order valence-electron chi connectivity index (χ1n) is 7.74. The van der Waals surface area contributed by atoms with Crippen LogP contribution in [0.1, 0.15) is 55.8 Å². The van der Waals surface area contributed by atoms with Crippen molar-refractivity contribution in [2.24, 2.45) is 0 Å². The lowest BCUT2D eigenvalue weighted by molar-refractivity contribution is 0.590. The maximum Gasteiger partial charge on any atom is 0.0439 e. The zero-order chi connectivity index (χ0) is 15.0. The van der Waals surface area contributed by atoms with E-state index in [2.05, 4.69) is 51.2 Å². The highest BCUT2D eigenvalue weighted by atomic mass is 32.2. The van der Waals surface area contributed by atoms with Crippen molar-refractivity contribution in [2.75, 3.05) is 18.1 Å². The van der Waals surface area contributed by atoms with Gasteiger partial charge >= 0.3 is 0 Å². The van der Waals surface area contributed by atoms with E-state index in [0.717, 1.165) is 24.5 Å². The normalized spacial score (nSPS) is 14.2. The molecule has 0 aliphatic rings. The predicted octanol–water partition coefficient (Wildman–Crippen LogP) is 3.89. The number of benzene rings is 1. The number of hydrogen-bond donors (Lipinski definition) is 1. The number of unbranched alkanes of at least 4 members (excludes halogenated alkanes) is 2. The van der Waals surface area contributed by atoms with Gasteiger partial charge in [-0.25, -0.2) is 0 Å². The minimum atomic E-state index is -0.731. The Labute approximate surface area is 126 Å². The van der Waals surface area contributed by atoms with Crippen LogP contribution in [0.25, 0.3) is 0 Å². The lowest BCUT2D eigenvalue weighted by atomic mass is 10.00. The van der Waals surface area contributed by atoms with Gasteiger partial charge in [0.1, 0.15) is 0 Å². The van der Waals surface area contributed by atoms with E-state index in [1.165, 1.54) is 29.5 Å². The van der Waals surface area contributed by atoms with Crippen LogP contribution >= 0.6 is 0 Å². The fraction of sp³-hybridized carbons (Fsp3) is 0.647. The summed E-state index contributed by atoms with van der Waals surface area (Å²) >= 11 is 0. The van der Waals surface area contributed by atoms with Gasteiger partial charge in [-0.3, -0.25) is 4.21 Å². The van der Waals surface area contributed by atoms with E-state index < -0.39 is 10.8 Å². The van der Waals surface area contributed by atoms with Crippen LogP contribution in [-0.4, -0.2) is 22.3 Å². The van der Waals surface area contributed by atoms with Crippen LogP contribution in [0.15, 0.2) is 18.2 Å². The standard InChI is InChI=1S/C17H29NOS/c1-5-7-8-11-20(19)13-17(18-6-2)16-12-14(3)9-10-15(16)4/h9-10,12,17-18H,5-8,11,13H2,1-4H3. The molecule has 0 aromatic heterocycles. The molecule has 1 N–H and O–H groups in total. The molecule has 0 aliphatic carbocycles. The van der Waals surface area contributed by atoms with Gasteiger partial charge in [-0.15, -0.1) is 0 Å². The second-order valence-corrected chi connectivity index (χ2v) is 7.11. The molecule has 3 heteroatoms. The minimum absolute atomic E-state index is 0.211. The molecule has 0 saturated heterocycles. The van der Waals surface area contributed by atoms with Gasteiger partial charge in [0.05, 0.1) is 0 Å². The first-order valence-corrected chi connectivity index (χ1v) is 9.22. The van der Waals surface area contributed by atoms with Gasteiger partial charge in [-0.2, -0.15) is 0 Å². The molecule has 20 heavy (non-hydrogen) atoms. The van der Waals surface area contributed by atoms with E-state index in [-0.39, 0.29) is 6.04 Å². The highest BCUT2D eigenvalue weighted by molar-refractivity contribution is 7.85. The lowest BCUT2D eigenvalue weighted by Gasteiger charge is -2.20. The number of aryl methyl sites for hydroxylation is 2. The van der Waals surface area contributed by atoms with Gasteiger partial charge in [0.15, 0.2) is 0 Å². The third kappa shape index (κ3) is 5.76. The Morgan fingerprint density at radius 1 is 1.20 bits per heavy atom. The zero-order valence-electron chi connectivity index (χ0n) is 13.4. The van der Waals surface area contributed by atoms with Gasteiger partial charge in [-0.1, -0.05) is 50.5 Å². The number of rotatable bonds is 9. The molecule has 0 radical (unpaired) electrons. The van der Waals surface area contributed by atoms with Crippen LogP contribution in [0.5, 0.6) is 0 Å². The Bertz CT molecular complexity index is 431. The summed E-state index contributed by atoms with van der Waals surface area (Å²) in [5, 5.41) is 3.50. The average Bonchev–Trinajstić information content (AvgIpc) is 2.41. The minimum Gasteiger partial charge on any atom is -0.309 e. The monoisotopic (exact) mass is 295 g/mol. The maximum atomic E-state index is 12.2. The average molecular weight is 295 g/mol. The first-order chi connectivity index (χ1) is 9.58. The van der Waals surface area contributed by atoms with Gasteiger partial charge in [0.2, 0.25) is 0 Å². The molecular weight excluding hydrogens is 266 g/mol. The fourth-order valence-corrected chi connectivity index (χ4v) is 3.78. The van der Waals surface area contributed by atoms with E-state index in [4.69, 9.17) is 0 Å². The van der Waals surface area contributed by atoms with E-state index in [1.807, 2.05) is 0 Å². The second kappa shape index (κ2) is 9.30. The molecule has 2 atom stereocenters. The summed E-state index contributed by atoms with van der Waals surface area (Å²) in [5.41, 5.74) is 3.85. The molecule has 0 heterocycles. The third-order valence-corrected chi connectivity index (χ3v) is 5.04. The highest BCUT2D eigenvalue weighted by Gasteiger charge is 2.16. The topological polar surface area (TPSA) is 29.1 Å². The SMILES string of the molecule is CCCCCS(=O)CC(NCC)c1cc(C)ccc1C. The Hall–Kier alpha value is -0.670. The van der Waals surface area contributed by atoms with Gasteiger partial charge in [-0.05, 0) is 37.9 Å². The largest absolute Gasteiger partial charge is 0.309 e. The lowest BCUT2D eigenvalue weighted by Crippen LogP contribution is -2.27. The number of nitrogens with one attached hydrogen (secondary N) is 1. The number of hydrogen-bond acceptors (Lipinski definition) is 2. The molecule has 2 unspecified atom stereocenters. The Kier molecular flexibility index (Phi) is 8.08. The molecule has 0 bridgehead atoms. The Morgan fingerprint density at radius 3 is 2.60 bits per heavy atom. The van der Waals surface area contributed by atoms with Crippen LogP contribution in [-0.2, 0) is 10.8 Å². The van der Waals surface area contributed by atoms with Crippen molar-refractivity contribution in [1.82, 2.24) is 5.32 Å². The Morgan fingerprint density at radius 2 is 1.95 bits per heavy atom. The summed E-state index contributed by atoms with van der Waals surface area (Å²) in [7, 11) is -0.731. The summed E-state index contributed by atoms with van der Waals surface area (Å²) in [6, 6.07) is 6.74. The summed E-state index contributed by atoms with van der Waals surface area (Å²) in [4.78, 5) is 0. The van der Waals surface area contributed by atoms with E-state index in [0.29, 0.717) is 0 Å². The van der Waals surface area contributed by atoms with Gasteiger partial charge in [0.25, 0.3) is 0 Å². The zero-order valence-corrected chi connectivity index (χ0v) is 14.2. The van der Waals surface area contributed by atoms with Crippen molar-refractivity contribution in [2.45, 2.75) is 53.0 Å². The van der Waals surface area contributed by atoms with Crippen molar-refractivity contribution in [1.29, 1.82) is 0 Å². The van der Waals surface area contributed by atoms with E-state index >= 15 is 0 Å². The molecule has 1 aromatic carbocycles. The molecule has 0 aliphatic heterocycles. The van der Waals surface area contributed by atoms with Gasteiger partial charge < -0.3 is 5.32 Å². The van der Waals surface area contributed by atoms with E-state index in [1.54, 1.807) is 0 Å². The summed E-state index contributed by atoms with van der Waals surface area (Å²) in [6.45, 7) is 9.45.